The molecule has 2 aliphatic heterocycles. The molecule has 124 valence electrons. The Kier molecular flexibility index (Phi) is 5.94. The lowest BCUT2D eigenvalue weighted by Gasteiger charge is -2.32. The number of hydrogen-bond acceptors (Lipinski definition) is 6. The Bertz CT molecular complexity index is 462. The summed E-state index contributed by atoms with van der Waals surface area (Å²) in [7, 11) is 2.04. The van der Waals surface area contributed by atoms with Crippen LogP contribution in [0.3, 0.4) is 0 Å². The van der Waals surface area contributed by atoms with E-state index in [0.29, 0.717) is 12.6 Å². The molecule has 0 spiro atoms. The lowest BCUT2D eigenvalue weighted by molar-refractivity contribution is -0.0490. The number of rotatable bonds is 5. The van der Waals surface area contributed by atoms with E-state index < -0.39 is 0 Å². The van der Waals surface area contributed by atoms with Gasteiger partial charge in [-0.25, -0.2) is 4.99 Å². The summed E-state index contributed by atoms with van der Waals surface area (Å²) in [6.07, 6.45) is 4.23. The van der Waals surface area contributed by atoms with Crippen LogP contribution in [0.2, 0.25) is 0 Å². The third-order valence-corrected chi connectivity index (χ3v) is 4.77. The van der Waals surface area contributed by atoms with Gasteiger partial charge in [-0.3, -0.25) is 0 Å². The second-order valence-corrected chi connectivity index (χ2v) is 7.24. The van der Waals surface area contributed by atoms with E-state index in [9.17, 15) is 0 Å². The van der Waals surface area contributed by atoms with Crippen LogP contribution in [-0.4, -0.2) is 58.9 Å². The van der Waals surface area contributed by atoms with Crippen molar-refractivity contribution >= 4 is 17.6 Å². The maximum Gasteiger partial charge on any atom is 0.145 e. The van der Waals surface area contributed by atoms with Crippen LogP contribution in [0.25, 0.3) is 0 Å². The number of nitrogens with zero attached hydrogens (tertiary/aromatic N) is 3. The first kappa shape index (κ1) is 17.4. The molecule has 0 aromatic heterocycles. The fraction of sp³-hybridized carbons (Fsp3) is 0.688. The number of likely N-dealkylation sites (N-methyl/N-ethyl adjacent to an activating group) is 1. The summed E-state index contributed by atoms with van der Waals surface area (Å²) in [5.74, 6) is 2.54. The fourth-order valence-corrected chi connectivity index (χ4v) is 3.13. The Morgan fingerprint density at radius 3 is 2.82 bits per heavy atom. The molecular formula is C16H27N3O2S. The van der Waals surface area contributed by atoms with Gasteiger partial charge in [-0.2, -0.15) is 0 Å². The van der Waals surface area contributed by atoms with Gasteiger partial charge in [-0.1, -0.05) is 6.58 Å². The Labute approximate surface area is 138 Å². The number of aliphatic imine (C=N–C) groups is 1. The van der Waals surface area contributed by atoms with E-state index in [1.54, 1.807) is 11.8 Å². The number of hydrogen-bond donors (Lipinski definition) is 0. The summed E-state index contributed by atoms with van der Waals surface area (Å²) in [6.45, 7) is 13.0. The second kappa shape index (κ2) is 7.53. The zero-order chi connectivity index (χ0) is 16.3. The van der Waals surface area contributed by atoms with Crippen LogP contribution >= 0.6 is 11.8 Å². The lowest BCUT2D eigenvalue weighted by Crippen LogP contribution is -2.38. The van der Waals surface area contributed by atoms with Gasteiger partial charge in [0.2, 0.25) is 0 Å². The van der Waals surface area contributed by atoms with Gasteiger partial charge < -0.3 is 19.3 Å². The number of ether oxygens (including phenoxy) is 2. The monoisotopic (exact) mass is 325 g/mol. The van der Waals surface area contributed by atoms with Gasteiger partial charge in [-0.05, 0) is 33.8 Å². The van der Waals surface area contributed by atoms with Crippen molar-refractivity contribution in [1.29, 1.82) is 0 Å². The van der Waals surface area contributed by atoms with E-state index in [4.69, 9.17) is 9.47 Å². The smallest absolute Gasteiger partial charge is 0.145 e. The van der Waals surface area contributed by atoms with Crippen molar-refractivity contribution in [2.75, 3.05) is 19.4 Å². The van der Waals surface area contributed by atoms with Crippen molar-refractivity contribution in [3.8, 4) is 0 Å². The van der Waals surface area contributed by atoms with Crippen molar-refractivity contribution in [1.82, 2.24) is 9.80 Å². The first-order chi connectivity index (χ1) is 10.4. The molecule has 0 radical (unpaired) electrons. The van der Waals surface area contributed by atoms with Gasteiger partial charge in [0.05, 0.1) is 12.7 Å². The molecule has 0 saturated carbocycles. The van der Waals surface area contributed by atoms with Crippen LogP contribution in [0.4, 0.5) is 0 Å². The molecule has 0 N–H and O–H groups in total. The van der Waals surface area contributed by atoms with E-state index in [2.05, 4.69) is 30.3 Å². The zero-order valence-electron chi connectivity index (χ0n) is 14.2. The fourth-order valence-electron chi connectivity index (χ4n) is 2.13. The van der Waals surface area contributed by atoms with E-state index in [-0.39, 0.29) is 17.8 Å². The normalized spacial score (nSPS) is 25.3. The largest absolute Gasteiger partial charge is 0.375 e. The molecule has 0 aliphatic carbocycles. The SMILES string of the molecule is C=C1N=C(N(C)C(C)C)C=CN1[C@H]1CS[C@@H](COC(C)C)O1. The van der Waals surface area contributed by atoms with E-state index >= 15 is 0 Å². The van der Waals surface area contributed by atoms with Gasteiger partial charge in [-0.15, -0.1) is 11.8 Å². The molecule has 0 unspecified atom stereocenters. The van der Waals surface area contributed by atoms with Crippen LogP contribution in [0.5, 0.6) is 0 Å². The van der Waals surface area contributed by atoms with Crippen molar-refractivity contribution in [3.63, 3.8) is 0 Å². The van der Waals surface area contributed by atoms with E-state index in [0.717, 1.165) is 17.4 Å². The second-order valence-electron chi connectivity index (χ2n) is 6.05. The highest BCUT2D eigenvalue weighted by molar-refractivity contribution is 8.00. The molecule has 0 aromatic carbocycles. The molecule has 6 heteroatoms. The van der Waals surface area contributed by atoms with Crippen LogP contribution in [-0.2, 0) is 9.47 Å². The quantitative estimate of drug-likeness (QED) is 0.777. The van der Waals surface area contributed by atoms with Crippen LogP contribution in [0.1, 0.15) is 27.7 Å². The van der Waals surface area contributed by atoms with Crippen LogP contribution in [0, 0.1) is 0 Å². The number of thioether (sulfide) groups is 1. The Morgan fingerprint density at radius 2 is 2.23 bits per heavy atom. The minimum Gasteiger partial charge on any atom is -0.375 e. The average molecular weight is 325 g/mol. The van der Waals surface area contributed by atoms with Gasteiger partial charge in [0.15, 0.2) is 0 Å². The minimum atomic E-state index is -0.0239. The maximum absolute atomic E-state index is 6.03. The topological polar surface area (TPSA) is 37.3 Å². The predicted octanol–water partition coefficient (Wildman–Crippen LogP) is 2.87. The maximum atomic E-state index is 6.03. The summed E-state index contributed by atoms with van der Waals surface area (Å²) in [4.78, 5) is 8.72. The summed E-state index contributed by atoms with van der Waals surface area (Å²) in [6, 6.07) is 0.401. The highest BCUT2D eigenvalue weighted by Gasteiger charge is 2.32. The summed E-state index contributed by atoms with van der Waals surface area (Å²) >= 11 is 1.78. The van der Waals surface area contributed by atoms with Crippen molar-refractivity contribution in [3.05, 3.63) is 24.7 Å². The van der Waals surface area contributed by atoms with Crippen molar-refractivity contribution in [2.45, 2.75) is 51.5 Å². The predicted molar refractivity (Wildman–Crippen MR) is 92.7 cm³/mol. The Morgan fingerprint density at radius 1 is 1.50 bits per heavy atom. The first-order valence-electron chi connectivity index (χ1n) is 7.74. The van der Waals surface area contributed by atoms with Gasteiger partial charge in [0.1, 0.15) is 23.3 Å². The standard InChI is InChI=1S/C16H27N3O2S/c1-11(2)18(6)14-7-8-19(13(5)17-14)15-10-22-16(21-15)9-20-12(3)4/h7-8,11-12,15-16H,5,9-10H2,1-4,6H3/t15-,16+/m1/s1. The molecule has 0 bridgehead atoms. The molecule has 0 amide bonds. The molecule has 2 atom stereocenters. The number of amidine groups is 1. The molecule has 2 aliphatic rings. The highest BCUT2D eigenvalue weighted by Crippen LogP contribution is 2.30. The van der Waals surface area contributed by atoms with Crippen LogP contribution < -0.4 is 0 Å². The Hall–Kier alpha value is -0.980. The third kappa shape index (κ3) is 4.27. The lowest BCUT2D eigenvalue weighted by atomic mass is 10.3. The van der Waals surface area contributed by atoms with Gasteiger partial charge >= 0.3 is 0 Å². The Balaban J connectivity index is 1.91. The van der Waals surface area contributed by atoms with Crippen molar-refractivity contribution < 1.29 is 9.47 Å². The van der Waals surface area contributed by atoms with Crippen molar-refractivity contribution in [2.24, 2.45) is 4.99 Å². The third-order valence-electron chi connectivity index (χ3n) is 3.67. The summed E-state index contributed by atoms with van der Waals surface area (Å²) in [5.41, 5.74) is 0.0808. The summed E-state index contributed by atoms with van der Waals surface area (Å²) < 4.78 is 11.7. The van der Waals surface area contributed by atoms with Gasteiger partial charge in [0, 0.05) is 25.0 Å². The molecule has 1 saturated heterocycles. The molecule has 5 nitrogen and oxygen atoms in total. The zero-order valence-corrected chi connectivity index (χ0v) is 15.0. The van der Waals surface area contributed by atoms with E-state index in [1.807, 2.05) is 38.1 Å². The van der Waals surface area contributed by atoms with Crippen LogP contribution in [0.15, 0.2) is 29.7 Å². The molecule has 0 aromatic rings. The average Bonchev–Trinajstić information content (AvgIpc) is 2.92. The molecule has 22 heavy (non-hydrogen) atoms. The van der Waals surface area contributed by atoms with E-state index in [1.165, 1.54) is 0 Å². The molecule has 2 heterocycles. The summed E-state index contributed by atoms with van der Waals surface area (Å²) in [5, 5.41) is 0. The highest BCUT2D eigenvalue weighted by atomic mass is 32.2. The molecular weight excluding hydrogens is 298 g/mol. The molecule has 2 rings (SSSR count). The minimum absolute atomic E-state index is 0.0239. The van der Waals surface area contributed by atoms with Gasteiger partial charge in [0.25, 0.3) is 0 Å². The molecule has 1 fully saturated rings. The first-order valence-corrected chi connectivity index (χ1v) is 8.79.